The fraction of sp³-hybridized carbons (Fsp3) is 0.700. The summed E-state index contributed by atoms with van der Waals surface area (Å²) in [7, 11) is 0. The van der Waals surface area contributed by atoms with E-state index < -0.39 is 17.8 Å². The second kappa shape index (κ2) is 4.14. The van der Waals surface area contributed by atoms with Crippen molar-refractivity contribution < 1.29 is 19.4 Å². The van der Waals surface area contributed by atoms with Crippen LogP contribution in [0.3, 0.4) is 0 Å². The van der Waals surface area contributed by atoms with Crippen LogP contribution in [0, 0.1) is 0 Å². The summed E-state index contributed by atoms with van der Waals surface area (Å²) in [6, 6.07) is 0. The van der Waals surface area contributed by atoms with Crippen LogP contribution < -0.4 is 11.3 Å². The second-order valence-electron chi connectivity index (χ2n) is 4.23. The van der Waals surface area contributed by atoms with Gasteiger partial charge in [-0.1, -0.05) is 6.08 Å². The van der Waals surface area contributed by atoms with E-state index in [0.717, 1.165) is 0 Å². The van der Waals surface area contributed by atoms with Gasteiger partial charge in [-0.2, -0.15) is 0 Å². The van der Waals surface area contributed by atoms with E-state index in [1.165, 1.54) is 6.08 Å². The maximum atomic E-state index is 11.1. The number of amides is 1. The summed E-state index contributed by atoms with van der Waals surface area (Å²) in [4.78, 5) is 11.1. The second-order valence-corrected chi connectivity index (χ2v) is 4.23. The molecule has 4 N–H and O–H groups in total. The van der Waals surface area contributed by atoms with Gasteiger partial charge in [0.05, 0.1) is 19.1 Å². The molecule has 0 aromatic carbocycles. The Kier molecular flexibility index (Phi) is 2.98. The smallest absolute Gasteiger partial charge is 0.236 e. The minimum absolute atomic E-state index is 0.165. The number of nitrogens with one attached hydrogen (secondary N) is 1. The van der Waals surface area contributed by atoms with E-state index in [2.05, 4.69) is 12.0 Å². The Balaban J connectivity index is 2.01. The summed E-state index contributed by atoms with van der Waals surface area (Å²) in [6.07, 6.45) is 0.706. The van der Waals surface area contributed by atoms with Crippen LogP contribution in [0.4, 0.5) is 0 Å². The van der Waals surface area contributed by atoms with Gasteiger partial charge in [-0.05, 0) is 0 Å². The van der Waals surface area contributed by atoms with E-state index in [1.54, 1.807) is 0 Å². The summed E-state index contributed by atoms with van der Waals surface area (Å²) in [5.41, 5.74) is 1.51. The first-order valence-corrected chi connectivity index (χ1v) is 5.21. The lowest BCUT2D eigenvalue weighted by Crippen LogP contribution is -2.51. The van der Waals surface area contributed by atoms with Gasteiger partial charge in [0, 0.05) is 6.42 Å². The van der Waals surface area contributed by atoms with Crippen molar-refractivity contribution in [2.24, 2.45) is 5.84 Å². The Bertz CT molecular complexity index is 303. The number of hydrazine groups is 1. The topological polar surface area (TPSA) is 97.1 Å². The summed E-state index contributed by atoms with van der Waals surface area (Å²) in [5, 5.41) is 9.92. The average Bonchev–Trinajstić information content (AvgIpc) is 3.04. The highest BCUT2D eigenvalue weighted by molar-refractivity contribution is 5.75. The Morgan fingerprint density at radius 1 is 1.75 bits per heavy atom. The number of nitrogens with two attached hydrogens (primary N) is 1. The molecule has 0 aromatic heterocycles. The van der Waals surface area contributed by atoms with E-state index in [-0.39, 0.29) is 18.4 Å². The van der Waals surface area contributed by atoms with Gasteiger partial charge in [0.25, 0.3) is 0 Å². The zero-order chi connectivity index (χ0) is 11.8. The number of hydrogen-bond donors (Lipinski definition) is 3. The number of carbonyl (C=O) groups excluding carboxylic acids is 1. The molecule has 90 valence electrons. The number of rotatable bonds is 3. The van der Waals surface area contributed by atoms with E-state index in [4.69, 9.17) is 15.3 Å². The van der Waals surface area contributed by atoms with Gasteiger partial charge >= 0.3 is 0 Å². The highest BCUT2D eigenvalue weighted by atomic mass is 16.6. The minimum Gasteiger partial charge on any atom is -0.387 e. The Hall–Kier alpha value is -0.950. The van der Waals surface area contributed by atoms with E-state index in [9.17, 15) is 9.90 Å². The lowest BCUT2D eigenvalue weighted by Gasteiger charge is -2.36. The first-order valence-electron chi connectivity index (χ1n) is 5.21. The Morgan fingerprint density at radius 3 is 2.94 bits per heavy atom. The SMILES string of the molecule is C=C[C@H]1O[C@H](CC(=O)NN)C[C@@]2(CO2)[C@@H]1O. The molecule has 2 heterocycles. The van der Waals surface area contributed by atoms with Gasteiger partial charge in [-0.15, -0.1) is 6.58 Å². The molecule has 2 rings (SSSR count). The standard InChI is InChI=1S/C10H16N2O4/c1-2-7-9(14)10(5-15-10)4-6(16-7)3-8(13)12-11/h2,6-7,9,14H,1,3-5,11H2,(H,12,13)/t6-,7-,9-,10-/m1/s1. The van der Waals surface area contributed by atoms with Crippen molar-refractivity contribution in [3.8, 4) is 0 Å². The molecule has 0 aromatic rings. The summed E-state index contributed by atoms with van der Waals surface area (Å²) in [5.74, 6) is 4.72. The molecule has 16 heavy (non-hydrogen) atoms. The number of carbonyl (C=O) groups is 1. The van der Waals surface area contributed by atoms with Crippen LogP contribution in [0.25, 0.3) is 0 Å². The fourth-order valence-corrected chi connectivity index (χ4v) is 2.10. The van der Waals surface area contributed by atoms with E-state index >= 15 is 0 Å². The van der Waals surface area contributed by atoms with Crippen molar-refractivity contribution in [2.45, 2.75) is 36.8 Å². The van der Waals surface area contributed by atoms with Gasteiger partial charge in [-0.3, -0.25) is 10.2 Å². The van der Waals surface area contributed by atoms with Crippen LogP contribution in [0.2, 0.25) is 0 Å². The molecule has 0 radical (unpaired) electrons. The number of aliphatic hydroxyl groups is 1. The molecule has 6 heteroatoms. The van der Waals surface area contributed by atoms with Crippen LogP contribution in [0.5, 0.6) is 0 Å². The molecular formula is C10H16N2O4. The monoisotopic (exact) mass is 228 g/mol. The van der Waals surface area contributed by atoms with Crippen LogP contribution in [-0.4, -0.2) is 41.5 Å². The number of ether oxygens (including phenoxy) is 2. The molecule has 4 atom stereocenters. The summed E-state index contributed by atoms with van der Waals surface area (Å²) < 4.78 is 10.8. The van der Waals surface area contributed by atoms with Crippen molar-refractivity contribution in [3.63, 3.8) is 0 Å². The fourth-order valence-electron chi connectivity index (χ4n) is 2.10. The van der Waals surface area contributed by atoms with Crippen molar-refractivity contribution in [1.82, 2.24) is 5.43 Å². The molecule has 0 unspecified atom stereocenters. The van der Waals surface area contributed by atoms with Crippen LogP contribution in [0.1, 0.15) is 12.8 Å². The average molecular weight is 228 g/mol. The third kappa shape index (κ3) is 1.97. The molecule has 6 nitrogen and oxygen atoms in total. The maximum absolute atomic E-state index is 11.1. The third-order valence-electron chi connectivity index (χ3n) is 3.09. The predicted molar refractivity (Wildman–Crippen MR) is 55.1 cm³/mol. The molecule has 2 saturated heterocycles. The first kappa shape index (κ1) is 11.5. The summed E-state index contributed by atoms with van der Waals surface area (Å²) in [6.45, 7) is 4.10. The number of hydrogen-bond acceptors (Lipinski definition) is 5. The molecule has 0 aliphatic carbocycles. The minimum atomic E-state index is -0.706. The summed E-state index contributed by atoms with van der Waals surface area (Å²) >= 11 is 0. The third-order valence-corrected chi connectivity index (χ3v) is 3.09. The lowest BCUT2D eigenvalue weighted by molar-refractivity contribution is -0.145. The van der Waals surface area contributed by atoms with Gasteiger partial charge < -0.3 is 14.6 Å². The van der Waals surface area contributed by atoms with Gasteiger partial charge in [0.2, 0.25) is 5.91 Å². The van der Waals surface area contributed by atoms with Crippen LogP contribution in [-0.2, 0) is 14.3 Å². The Morgan fingerprint density at radius 2 is 2.44 bits per heavy atom. The van der Waals surface area contributed by atoms with Crippen LogP contribution in [0.15, 0.2) is 12.7 Å². The van der Waals surface area contributed by atoms with E-state index in [0.29, 0.717) is 13.0 Å². The van der Waals surface area contributed by atoms with Gasteiger partial charge in [-0.25, -0.2) is 5.84 Å². The number of epoxide rings is 1. The van der Waals surface area contributed by atoms with E-state index in [1.807, 2.05) is 0 Å². The zero-order valence-corrected chi connectivity index (χ0v) is 8.89. The van der Waals surface area contributed by atoms with Gasteiger partial charge in [0.1, 0.15) is 17.8 Å². The quantitative estimate of drug-likeness (QED) is 0.186. The highest BCUT2D eigenvalue weighted by Gasteiger charge is 2.58. The molecule has 0 saturated carbocycles. The molecule has 0 bridgehead atoms. The first-order chi connectivity index (χ1) is 7.61. The number of aliphatic hydroxyl groups excluding tert-OH is 1. The zero-order valence-electron chi connectivity index (χ0n) is 8.89. The molecular weight excluding hydrogens is 212 g/mol. The molecule has 2 fully saturated rings. The van der Waals surface area contributed by atoms with Crippen molar-refractivity contribution >= 4 is 5.91 Å². The van der Waals surface area contributed by atoms with Gasteiger partial charge in [0.15, 0.2) is 0 Å². The maximum Gasteiger partial charge on any atom is 0.236 e. The van der Waals surface area contributed by atoms with Crippen molar-refractivity contribution in [3.05, 3.63) is 12.7 Å². The molecule has 1 spiro atoms. The normalized spacial score (nSPS) is 41.8. The predicted octanol–water partition coefficient (Wildman–Crippen LogP) is -1.16. The molecule has 2 aliphatic heterocycles. The largest absolute Gasteiger partial charge is 0.387 e. The van der Waals surface area contributed by atoms with Crippen molar-refractivity contribution in [1.29, 1.82) is 0 Å². The lowest BCUT2D eigenvalue weighted by atomic mass is 9.88. The molecule has 2 aliphatic rings. The highest BCUT2D eigenvalue weighted by Crippen LogP contribution is 2.43. The van der Waals surface area contributed by atoms with Crippen LogP contribution >= 0.6 is 0 Å². The molecule has 1 amide bonds. The Labute approximate surface area is 93.4 Å². The van der Waals surface area contributed by atoms with Crippen molar-refractivity contribution in [2.75, 3.05) is 6.61 Å².